The molecule has 1 aromatic rings. The molecule has 0 aromatic heterocycles. The van der Waals surface area contributed by atoms with E-state index in [4.69, 9.17) is 15.7 Å². The van der Waals surface area contributed by atoms with Gasteiger partial charge in [-0.1, -0.05) is 12.1 Å². The molecule has 0 radical (unpaired) electrons. The number of nitrogens with zero attached hydrogens (tertiary/aromatic N) is 3. The van der Waals surface area contributed by atoms with Crippen LogP contribution in [0.2, 0.25) is 0 Å². The van der Waals surface area contributed by atoms with E-state index in [2.05, 4.69) is 9.80 Å². The minimum atomic E-state index is -0.696. The summed E-state index contributed by atoms with van der Waals surface area (Å²) in [6.07, 6.45) is 0.626. The maximum Gasteiger partial charge on any atom is 0.240 e. The molecule has 1 atom stereocenters. The number of amides is 1. The molecular weight excluding hydrogens is 311 g/mol. The van der Waals surface area contributed by atoms with Crippen LogP contribution in [0.1, 0.15) is 17.5 Å². The van der Waals surface area contributed by atoms with Crippen LogP contribution in [0.3, 0.4) is 0 Å². The monoisotopic (exact) mass is 332 g/mol. The summed E-state index contributed by atoms with van der Waals surface area (Å²) in [6.45, 7) is 4.15. The number of carbonyl (C=O) groups excluding carboxylic acids is 1. The Morgan fingerprint density at radius 1 is 1.38 bits per heavy atom. The molecule has 1 aromatic carbocycles. The fraction of sp³-hybridized carbons (Fsp3) is 0.529. The molecule has 2 fully saturated rings. The average molecular weight is 332 g/mol. The molecule has 2 saturated heterocycles. The third-order valence-corrected chi connectivity index (χ3v) is 5.03. The molecule has 0 saturated carbocycles. The standard InChI is InChI=1S/C17H21FN4O2/c18-15-13(10-19)2-1-3-14(15)11-21-5-7-22(8-6-21)17(16(20)23)4-9-24-12-17/h1-3H,4-9,11-12H2,(H2,20,23). The van der Waals surface area contributed by atoms with Crippen LogP contribution in [0.15, 0.2) is 18.2 Å². The highest BCUT2D eigenvalue weighted by atomic mass is 19.1. The summed E-state index contributed by atoms with van der Waals surface area (Å²) in [5.74, 6) is -0.776. The van der Waals surface area contributed by atoms with Crippen molar-refractivity contribution >= 4 is 5.91 Å². The number of benzene rings is 1. The fourth-order valence-electron chi connectivity index (χ4n) is 3.52. The maximum atomic E-state index is 14.2. The number of carbonyl (C=O) groups is 1. The third-order valence-electron chi connectivity index (χ3n) is 5.03. The highest BCUT2D eigenvalue weighted by molar-refractivity contribution is 5.85. The Morgan fingerprint density at radius 2 is 2.12 bits per heavy atom. The molecule has 2 aliphatic heterocycles. The first-order valence-electron chi connectivity index (χ1n) is 8.09. The van der Waals surface area contributed by atoms with E-state index in [1.165, 1.54) is 6.07 Å². The lowest BCUT2D eigenvalue weighted by Crippen LogP contribution is -2.63. The van der Waals surface area contributed by atoms with E-state index in [1.54, 1.807) is 12.1 Å². The van der Waals surface area contributed by atoms with Crippen LogP contribution in [-0.2, 0) is 16.1 Å². The molecule has 6 nitrogen and oxygen atoms in total. The third kappa shape index (κ3) is 3.00. The molecule has 2 heterocycles. The van der Waals surface area contributed by atoms with Crippen LogP contribution >= 0.6 is 0 Å². The number of ether oxygens (including phenoxy) is 1. The minimum Gasteiger partial charge on any atom is -0.379 e. The van der Waals surface area contributed by atoms with E-state index in [0.717, 1.165) is 0 Å². The zero-order valence-corrected chi connectivity index (χ0v) is 13.5. The molecule has 0 bridgehead atoms. The maximum absolute atomic E-state index is 14.2. The van der Waals surface area contributed by atoms with Crippen LogP contribution in [-0.4, -0.2) is 60.6 Å². The topological polar surface area (TPSA) is 82.6 Å². The number of hydrogen-bond acceptors (Lipinski definition) is 5. The molecule has 0 aliphatic carbocycles. The van der Waals surface area contributed by atoms with Gasteiger partial charge < -0.3 is 10.5 Å². The first-order chi connectivity index (χ1) is 11.6. The van der Waals surface area contributed by atoms with Crippen LogP contribution < -0.4 is 5.73 Å². The lowest BCUT2D eigenvalue weighted by molar-refractivity contribution is -0.132. The van der Waals surface area contributed by atoms with Gasteiger partial charge in [0, 0.05) is 51.3 Å². The van der Waals surface area contributed by atoms with Gasteiger partial charge in [0.2, 0.25) is 5.91 Å². The smallest absolute Gasteiger partial charge is 0.240 e. The number of piperazine rings is 1. The van der Waals surface area contributed by atoms with Crippen LogP contribution in [0, 0.1) is 17.1 Å². The van der Waals surface area contributed by atoms with Crippen molar-refractivity contribution in [1.29, 1.82) is 5.26 Å². The first kappa shape index (κ1) is 16.8. The molecular formula is C17H21FN4O2. The zero-order valence-electron chi connectivity index (χ0n) is 13.5. The quantitative estimate of drug-likeness (QED) is 0.866. The highest BCUT2D eigenvalue weighted by Gasteiger charge is 2.46. The lowest BCUT2D eigenvalue weighted by Gasteiger charge is -2.43. The predicted molar refractivity (Wildman–Crippen MR) is 85.3 cm³/mol. The van der Waals surface area contributed by atoms with Crippen molar-refractivity contribution in [2.45, 2.75) is 18.5 Å². The van der Waals surface area contributed by atoms with Gasteiger partial charge in [-0.3, -0.25) is 14.6 Å². The van der Waals surface area contributed by atoms with Crippen molar-refractivity contribution in [2.24, 2.45) is 5.73 Å². The number of halogens is 1. The van der Waals surface area contributed by atoms with Gasteiger partial charge in [-0.05, 0) is 6.07 Å². The Bertz CT molecular complexity index is 659. The number of nitriles is 1. The van der Waals surface area contributed by atoms with E-state index in [9.17, 15) is 9.18 Å². The predicted octanol–water partition coefficient (Wildman–Crippen LogP) is 0.459. The first-order valence-corrected chi connectivity index (χ1v) is 8.09. The second-order valence-corrected chi connectivity index (χ2v) is 6.35. The van der Waals surface area contributed by atoms with Crippen LogP contribution in [0.25, 0.3) is 0 Å². The Balaban J connectivity index is 1.64. The Kier molecular flexibility index (Phi) is 4.81. The van der Waals surface area contributed by atoms with Gasteiger partial charge >= 0.3 is 0 Å². The minimum absolute atomic E-state index is 0.0712. The van der Waals surface area contributed by atoms with Crippen molar-refractivity contribution in [1.82, 2.24) is 9.80 Å². The SMILES string of the molecule is N#Cc1cccc(CN2CCN(C3(C(N)=O)CCOC3)CC2)c1F. The molecule has 7 heteroatoms. The van der Waals surface area contributed by atoms with E-state index in [-0.39, 0.29) is 11.5 Å². The molecule has 0 spiro atoms. The summed E-state index contributed by atoms with van der Waals surface area (Å²) in [7, 11) is 0. The van der Waals surface area contributed by atoms with Gasteiger partial charge in [-0.15, -0.1) is 0 Å². The van der Waals surface area contributed by atoms with E-state index in [0.29, 0.717) is 57.9 Å². The van der Waals surface area contributed by atoms with E-state index in [1.807, 2.05) is 6.07 Å². The Labute approximate surface area is 140 Å². The van der Waals surface area contributed by atoms with Crippen molar-refractivity contribution in [3.8, 4) is 6.07 Å². The molecule has 24 heavy (non-hydrogen) atoms. The Morgan fingerprint density at radius 3 is 2.71 bits per heavy atom. The van der Waals surface area contributed by atoms with Gasteiger partial charge in [0.25, 0.3) is 0 Å². The molecule has 2 aliphatic rings. The molecule has 1 amide bonds. The lowest BCUT2D eigenvalue weighted by atomic mass is 9.94. The summed E-state index contributed by atoms with van der Waals surface area (Å²) in [5, 5.41) is 8.92. The number of nitrogens with two attached hydrogens (primary N) is 1. The molecule has 128 valence electrons. The summed E-state index contributed by atoms with van der Waals surface area (Å²) in [5.41, 5.74) is 5.52. The molecule has 3 rings (SSSR count). The zero-order chi connectivity index (χ0) is 17.2. The number of hydrogen-bond donors (Lipinski definition) is 1. The van der Waals surface area contributed by atoms with Crippen LogP contribution in [0.5, 0.6) is 0 Å². The van der Waals surface area contributed by atoms with Gasteiger partial charge in [0.1, 0.15) is 17.4 Å². The summed E-state index contributed by atoms with van der Waals surface area (Å²) < 4.78 is 19.6. The second kappa shape index (κ2) is 6.85. The van der Waals surface area contributed by atoms with E-state index < -0.39 is 11.4 Å². The number of rotatable bonds is 4. The van der Waals surface area contributed by atoms with Gasteiger partial charge in [-0.2, -0.15) is 5.26 Å². The van der Waals surface area contributed by atoms with Crippen molar-refractivity contribution < 1.29 is 13.9 Å². The van der Waals surface area contributed by atoms with Crippen LogP contribution in [0.4, 0.5) is 4.39 Å². The van der Waals surface area contributed by atoms with Crippen molar-refractivity contribution in [3.05, 3.63) is 35.1 Å². The Hall–Kier alpha value is -2.01. The summed E-state index contributed by atoms with van der Waals surface area (Å²) in [4.78, 5) is 16.1. The normalized spacial score (nSPS) is 25.5. The van der Waals surface area contributed by atoms with Crippen molar-refractivity contribution in [2.75, 3.05) is 39.4 Å². The molecule has 1 unspecified atom stereocenters. The van der Waals surface area contributed by atoms with Gasteiger partial charge in [0.15, 0.2) is 0 Å². The van der Waals surface area contributed by atoms with Gasteiger partial charge in [-0.25, -0.2) is 4.39 Å². The summed E-state index contributed by atoms with van der Waals surface area (Å²) in [6, 6.07) is 6.75. The fourth-order valence-corrected chi connectivity index (χ4v) is 3.52. The van der Waals surface area contributed by atoms with E-state index >= 15 is 0 Å². The average Bonchev–Trinajstić information content (AvgIpc) is 3.08. The largest absolute Gasteiger partial charge is 0.379 e. The van der Waals surface area contributed by atoms with Gasteiger partial charge in [0.05, 0.1) is 12.2 Å². The molecule has 2 N–H and O–H groups in total. The number of primary amides is 1. The summed E-state index contributed by atoms with van der Waals surface area (Å²) >= 11 is 0. The second-order valence-electron chi connectivity index (χ2n) is 6.35. The van der Waals surface area contributed by atoms with Crippen molar-refractivity contribution in [3.63, 3.8) is 0 Å². The highest BCUT2D eigenvalue weighted by Crippen LogP contribution is 2.27.